The Morgan fingerprint density at radius 1 is 1.06 bits per heavy atom. The second-order valence-electron chi connectivity index (χ2n) is 14.3. The number of aromatic nitrogens is 1. The van der Waals surface area contributed by atoms with E-state index in [0.29, 0.717) is 30.3 Å². The second-order valence-corrected chi connectivity index (χ2v) is 16.5. The zero-order valence-corrected chi connectivity index (χ0v) is 28.8. The molecule has 0 unspecified atom stereocenters. The van der Waals surface area contributed by atoms with Crippen LogP contribution in [0, 0.1) is 17.8 Å². The zero-order valence-electron chi connectivity index (χ0n) is 28.0. The van der Waals surface area contributed by atoms with Crippen LogP contribution in [0.4, 0.5) is 0 Å². The van der Waals surface area contributed by atoms with Gasteiger partial charge in [0.15, 0.2) is 0 Å². The minimum Gasteiger partial charge on any atom is -0.396 e. The van der Waals surface area contributed by atoms with Crippen LogP contribution >= 0.6 is 0 Å². The highest BCUT2D eigenvalue weighted by atomic mass is 32.2. The van der Waals surface area contributed by atoms with Crippen molar-refractivity contribution in [2.45, 2.75) is 95.6 Å². The normalized spacial score (nSPS) is 20.9. The lowest BCUT2D eigenvalue weighted by Crippen LogP contribution is -2.37. The third kappa shape index (κ3) is 8.04. The van der Waals surface area contributed by atoms with Crippen molar-refractivity contribution in [3.63, 3.8) is 0 Å². The monoisotopic (exact) mass is 652 g/mol. The summed E-state index contributed by atoms with van der Waals surface area (Å²) in [6.07, 6.45) is 7.38. The van der Waals surface area contributed by atoms with E-state index in [1.165, 1.54) is 31.2 Å². The number of nitrogens with zero attached hydrogens (tertiary/aromatic N) is 3. The van der Waals surface area contributed by atoms with E-state index in [4.69, 9.17) is 4.98 Å². The Kier molecular flexibility index (Phi) is 10.6. The van der Waals surface area contributed by atoms with Crippen molar-refractivity contribution in [1.29, 1.82) is 0 Å². The number of hydrogen-bond acceptors (Lipinski definition) is 5. The molecule has 1 saturated heterocycles. The van der Waals surface area contributed by atoms with E-state index in [1.807, 2.05) is 55.4 Å². The summed E-state index contributed by atoms with van der Waals surface area (Å²) >= 11 is 0. The molecule has 3 heterocycles. The highest BCUT2D eigenvalue weighted by Crippen LogP contribution is 2.44. The number of carbonyl (C=O) groups excluding carboxylic acids is 1. The van der Waals surface area contributed by atoms with Gasteiger partial charge in [0.05, 0.1) is 16.5 Å². The van der Waals surface area contributed by atoms with Crippen molar-refractivity contribution < 1.29 is 14.1 Å². The molecule has 1 aliphatic carbocycles. The van der Waals surface area contributed by atoms with Crippen LogP contribution in [0.2, 0.25) is 0 Å². The first-order valence-corrected chi connectivity index (χ1v) is 18.3. The van der Waals surface area contributed by atoms with Crippen LogP contribution in [0.5, 0.6) is 0 Å². The Balaban J connectivity index is 1.30. The van der Waals surface area contributed by atoms with E-state index in [0.717, 1.165) is 54.7 Å². The third-order valence-electron chi connectivity index (χ3n) is 9.61. The Hall–Kier alpha value is -3.35. The molecular weight excluding hydrogens is 605 g/mol. The highest BCUT2D eigenvalue weighted by Gasteiger charge is 2.40. The Morgan fingerprint density at radius 2 is 1.85 bits per heavy atom. The molecule has 1 aromatic heterocycles. The largest absolute Gasteiger partial charge is 0.396 e. The predicted molar refractivity (Wildman–Crippen MR) is 189 cm³/mol. The number of aliphatic hydroxyl groups excluding tert-OH is 1. The molecular formula is C39H48N4O3S. The second kappa shape index (κ2) is 14.8. The Labute approximate surface area is 282 Å². The van der Waals surface area contributed by atoms with Crippen molar-refractivity contribution in [2.24, 2.45) is 5.92 Å². The molecule has 1 amide bonds. The van der Waals surface area contributed by atoms with E-state index in [9.17, 15) is 14.1 Å². The molecule has 0 radical (unpaired) electrons. The number of fused-ring (bicyclic) bond motifs is 1. The molecule has 7 nitrogen and oxygen atoms in total. The minimum atomic E-state index is -1.32. The SMILES string of the molecule is CC(C)(C)[S@@](=O)N1Cc2cc(C(=O)N[C@@H]3CCN(Cc4ccccc4)C3)nc(-c3cccc(C#CCC4CCCC4)c3)c2[C@H]1CCO. The van der Waals surface area contributed by atoms with Gasteiger partial charge in [0, 0.05) is 61.9 Å². The van der Waals surface area contributed by atoms with Crippen LogP contribution in [-0.4, -0.2) is 59.9 Å². The number of hydrogen-bond donors (Lipinski definition) is 2. The summed E-state index contributed by atoms with van der Waals surface area (Å²) in [5.41, 5.74) is 6.02. The molecule has 2 aromatic carbocycles. The first-order chi connectivity index (χ1) is 22.7. The summed E-state index contributed by atoms with van der Waals surface area (Å²) < 4.78 is 15.3. The zero-order chi connectivity index (χ0) is 33.0. The number of carbonyl (C=O) groups is 1. The molecule has 2 fully saturated rings. The molecule has 8 heteroatoms. The van der Waals surface area contributed by atoms with Gasteiger partial charge in [-0.2, -0.15) is 0 Å². The standard InChI is InChI=1S/C39H48N4O3S/c1-39(2,3)47(46)43-26-32-24-34(38(45)40-33-19-21-42(27-33)25-30-13-5-4-6-14-30)41-37(36(32)35(43)20-22-44)31-18-10-17-29(23-31)16-9-15-28-11-7-8-12-28/h4-6,10,13-14,17-18,23-24,28,33,35,44H,7-8,11-12,15,19-22,25-27H2,1-3H3,(H,40,45)/t33-,35-,47-/m1/s1. The lowest BCUT2D eigenvalue weighted by Gasteiger charge is -2.30. The van der Waals surface area contributed by atoms with E-state index in [-0.39, 0.29) is 24.6 Å². The van der Waals surface area contributed by atoms with Crippen molar-refractivity contribution in [1.82, 2.24) is 19.5 Å². The fourth-order valence-corrected chi connectivity index (χ4v) is 8.66. The van der Waals surface area contributed by atoms with E-state index in [2.05, 4.69) is 52.4 Å². The van der Waals surface area contributed by atoms with Crippen LogP contribution in [0.1, 0.15) is 105 Å². The molecule has 0 bridgehead atoms. The van der Waals surface area contributed by atoms with Crippen molar-refractivity contribution in [3.05, 3.63) is 88.6 Å². The summed E-state index contributed by atoms with van der Waals surface area (Å²) in [5, 5.41) is 13.4. The molecule has 6 rings (SSSR count). The third-order valence-corrected chi connectivity index (χ3v) is 11.5. The first-order valence-electron chi connectivity index (χ1n) is 17.2. The molecule has 47 heavy (non-hydrogen) atoms. The molecule has 2 N–H and O–H groups in total. The maximum absolute atomic E-state index is 13.8. The smallest absolute Gasteiger partial charge is 0.270 e. The van der Waals surface area contributed by atoms with Crippen LogP contribution in [0.25, 0.3) is 11.3 Å². The molecule has 0 spiro atoms. The molecule has 3 atom stereocenters. The summed E-state index contributed by atoms with van der Waals surface area (Å²) in [4.78, 5) is 21.2. The van der Waals surface area contributed by atoms with Gasteiger partial charge in [0.25, 0.3) is 5.91 Å². The number of aliphatic hydroxyl groups is 1. The number of pyridine rings is 1. The van der Waals surface area contributed by atoms with Crippen LogP contribution in [-0.2, 0) is 24.1 Å². The van der Waals surface area contributed by atoms with Gasteiger partial charge in [-0.25, -0.2) is 13.5 Å². The fraction of sp³-hybridized carbons (Fsp3) is 0.487. The maximum atomic E-state index is 13.8. The summed E-state index contributed by atoms with van der Waals surface area (Å²) in [5.74, 6) is 7.30. The number of rotatable bonds is 9. The predicted octanol–water partition coefficient (Wildman–Crippen LogP) is 6.39. The summed E-state index contributed by atoms with van der Waals surface area (Å²) in [6.45, 7) is 8.86. The molecule has 248 valence electrons. The van der Waals surface area contributed by atoms with Crippen LogP contribution < -0.4 is 5.32 Å². The van der Waals surface area contributed by atoms with Gasteiger partial charge in [-0.3, -0.25) is 9.69 Å². The first kappa shape index (κ1) is 33.5. The van der Waals surface area contributed by atoms with Gasteiger partial charge in [-0.1, -0.05) is 67.1 Å². The lowest BCUT2D eigenvalue weighted by molar-refractivity contribution is 0.0932. The molecule has 3 aromatic rings. The Bertz CT molecular complexity index is 1650. The fourth-order valence-electron chi connectivity index (χ4n) is 7.26. The summed E-state index contributed by atoms with van der Waals surface area (Å²) in [7, 11) is -1.32. The van der Waals surface area contributed by atoms with E-state index >= 15 is 0 Å². The van der Waals surface area contributed by atoms with Gasteiger partial charge in [-0.05, 0) is 81.7 Å². The van der Waals surface area contributed by atoms with Gasteiger partial charge in [0.1, 0.15) is 16.7 Å². The van der Waals surface area contributed by atoms with Crippen molar-refractivity contribution in [3.8, 4) is 23.1 Å². The van der Waals surface area contributed by atoms with Gasteiger partial charge >= 0.3 is 0 Å². The Morgan fingerprint density at radius 3 is 2.60 bits per heavy atom. The van der Waals surface area contributed by atoms with Crippen molar-refractivity contribution >= 4 is 16.9 Å². The summed E-state index contributed by atoms with van der Waals surface area (Å²) in [6, 6.07) is 20.1. The van der Waals surface area contributed by atoms with Gasteiger partial charge < -0.3 is 10.4 Å². The number of likely N-dealkylation sites (tertiary alicyclic amines) is 1. The highest BCUT2D eigenvalue weighted by molar-refractivity contribution is 7.84. The average molecular weight is 653 g/mol. The lowest BCUT2D eigenvalue weighted by atomic mass is 9.95. The molecule has 1 saturated carbocycles. The topological polar surface area (TPSA) is 85.8 Å². The average Bonchev–Trinajstić information content (AvgIpc) is 3.82. The molecule has 3 aliphatic rings. The van der Waals surface area contributed by atoms with Crippen molar-refractivity contribution in [2.75, 3.05) is 19.7 Å². The van der Waals surface area contributed by atoms with Crippen LogP contribution in [0.15, 0.2) is 60.7 Å². The quantitative estimate of drug-likeness (QED) is 0.262. The minimum absolute atomic E-state index is 0.0372. The number of amides is 1. The van der Waals surface area contributed by atoms with E-state index < -0.39 is 15.7 Å². The van der Waals surface area contributed by atoms with Gasteiger partial charge in [0.2, 0.25) is 0 Å². The van der Waals surface area contributed by atoms with Crippen LogP contribution in [0.3, 0.4) is 0 Å². The van der Waals surface area contributed by atoms with E-state index in [1.54, 1.807) is 0 Å². The molecule has 2 aliphatic heterocycles. The number of benzene rings is 2. The van der Waals surface area contributed by atoms with Gasteiger partial charge in [-0.15, -0.1) is 0 Å². The number of nitrogens with one attached hydrogen (secondary N) is 1. The maximum Gasteiger partial charge on any atom is 0.270 e.